The number of para-hydroxylation sites is 3. The average molecular weight is 516 g/mol. The number of nitrogens with one attached hydrogen (secondary N) is 1. The molecule has 3 aromatic heterocycles. The average Bonchev–Trinajstić information content (AvgIpc) is 3.48. The van der Waals surface area contributed by atoms with Gasteiger partial charge in [-0.3, -0.25) is 9.48 Å². The van der Waals surface area contributed by atoms with Gasteiger partial charge in [0, 0.05) is 24.0 Å². The van der Waals surface area contributed by atoms with Gasteiger partial charge in [0.15, 0.2) is 16.6 Å². The molecule has 5 rings (SSSR count). The zero-order valence-corrected chi connectivity index (χ0v) is 22.1. The molecule has 9 nitrogen and oxygen atoms in total. The highest BCUT2D eigenvalue weighted by atomic mass is 32.2. The highest BCUT2D eigenvalue weighted by Gasteiger charge is 2.23. The number of thioether (sulfide) groups is 1. The van der Waals surface area contributed by atoms with Gasteiger partial charge < -0.3 is 10.1 Å². The number of amides is 1. The van der Waals surface area contributed by atoms with Crippen LogP contribution in [0.3, 0.4) is 0 Å². The minimum Gasteiger partial charge on any atom is -0.495 e. The Balaban J connectivity index is 1.45. The highest BCUT2D eigenvalue weighted by Crippen LogP contribution is 2.30. The van der Waals surface area contributed by atoms with Crippen molar-refractivity contribution in [3.63, 3.8) is 0 Å². The van der Waals surface area contributed by atoms with Crippen molar-refractivity contribution in [2.75, 3.05) is 12.4 Å². The number of nitrogens with zero attached hydrogens (tertiary/aromatic N) is 6. The SMILES string of the molecule is CCC(Sc1nc2ccccc2c2nc(CCn3nc(C)cc3C)nn12)C(=O)Nc1ccccc1OC. The van der Waals surface area contributed by atoms with Gasteiger partial charge in [0.25, 0.3) is 0 Å². The first-order chi connectivity index (χ1) is 18.0. The first kappa shape index (κ1) is 24.8. The predicted octanol–water partition coefficient (Wildman–Crippen LogP) is 4.85. The number of benzene rings is 2. The van der Waals surface area contributed by atoms with E-state index in [0.717, 1.165) is 27.9 Å². The van der Waals surface area contributed by atoms with E-state index in [1.165, 1.54) is 11.8 Å². The van der Waals surface area contributed by atoms with E-state index in [2.05, 4.69) is 16.5 Å². The highest BCUT2D eigenvalue weighted by molar-refractivity contribution is 8.00. The van der Waals surface area contributed by atoms with Gasteiger partial charge in [-0.05, 0) is 50.6 Å². The summed E-state index contributed by atoms with van der Waals surface area (Å²) in [5.41, 5.74) is 4.28. The summed E-state index contributed by atoms with van der Waals surface area (Å²) in [7, 11) is 1.59. The molecule has 37 heavy (non-hydrogen) atoms. The number of fused-ring (bicyclic) bond motifs is 3. The van der Waals surface area contributed by atoms with E-state index < -0.39 is 0 Å². The van der Waals surface area contributed by atoms with Crippen LogP contribution in [0.4, 0.5) is 5.69 Å². The molecule has 1 amide bonds. The minimum atomic E-state index is -0.385. The number of aryl methyl sites for hydroxylation is 4. The van der Waals surface area contributed by atoms with Crippen molar-refractivity contribution < 1.29 is 9.53 Å². The van der Waals surface area contributed by atoms with Crippen LogP contribution in [0.5, 0.6) is 5.75 Å². The second kappa shape index (κ2) is 10.6. The van der Waals surface area contributed by atoms with Crippen LogP contribution in [-0.4, -0.2) is 47.6 Å². The molecule has 0 saturated heterocycles. The number of carbonyl (C=O) groups is 1. The van der Waals surface area contributed by atoms with Crippen LogP contribution in [0.25, 0.3) is 16.6 Å². The zero-order valence-electron chi connectivity index (χ0n) is 21.3. The molecule has 10 heteroatoms. The molecule has 0 aliphatic heterocycles. The molecule has 1 atom stereocenters. The number of anilines is 1. The van der Waals surface area contributed by atoms with Crippen LogP contribution in [0.2, 0.25) is 0 Å². The van der Waals surface area contributed by atoms with Gasteiger partial charge >= 0.3 is 0 Å². The molecule has 0 aliphatic carbocycles. The summed E-state index contributed by atoms with van der Waals surface area (Å²) >= 11 is 1.39. The van der Waals surface area contributed by atoms with Gasteiger partial charge in [0.2, 0.25) is 5.91 Å². The topological polar surface area (TPSA) is 99.2 Å². The van der Waals surface area contributed by atoms with Gasteiger partial charge in [-0.25, -0.2) is 9.97 Å². The molecule has 0 fully saturated rings. The molecular weight excluding hydrogens is 486 g/mol. The van der Waals surface area contributed by atoms with E-state index in [1.54, 1.807) is 11.6 Å². The summed E-state index contributed by atoms with van der Waals surface area (Å²) in [4.78, 5) is 23.0. The molecule has 1 unspecified atom stereocenters. The largest absolute Gasteiger partial charge is 0.495 e. The second-order valence-electron chi connectivity index (χ2n) is 8.78. The first-order valence-electron chi connectivity index (χ1n) is 12.2. The monoisotopic (exact) mass is 515 g/mol. The maximum absolute atomic E-state index is 13.2. The van der Waals surface area contributed by atoms with E-state index in [4.69, 9.17) is 19.8 Å². The number of hydrogen-bond donors (Lipinski definition) is 1. The number of ether oxygens (including phenoxy) is 1. The van der Waals surface area contributed by atoms with Crippen molar-refractivity contribution in [3.05, 3.63) is 71.8 Å². The van der Waals surface area contributed by atoms with Gasteiger partial charge in [0.1, 0.15) is 5.75 Å². The van der Waals surface area contributed by atoms with Crippen molar-refractivity contribution >= 4 is 39.9 Å². The van der Waals surface area contributed by atoms with Crippen molar-refractivity contribution in [2.45, 2.75) is 50.6 Å². The van der Waals surface area contributed by atoms with Crippen LogP contribution in [0, 0.1) is 13.8 Å². The number of methoxy groups -OCH3 is 1. The zero-order chi connectivity index (χ0) is 25.9. The molecule has 0 radical (unpaired) electrons. The molecule has 0 spiro atoms. The summed E-state index contributed by atoms with van der Waals surface area (Å²) in [6.07, 6.45) is 1.24. The van der Waals surface area contributed by atoms with E-state index in [1.807, 2.05) is 74.0 Å². The summed E-state index contributed by atoms with van der Waals surface area (Å²) in [5.74, 6) is 1.20. The van der Waals surface area contributed by atoms with E-state index in [0.29, 0.717) is 41.8 Å². The van der Waals surface area contributed by atoms with Crippen molar-refractivity contribution in [1.82, 2.24) is 29.4 Å². The van der Waals surface area contributed by atoms with Gasteiger partial charge in [-0.2, -0.15) is 9.61 Å². The van der Waals surface area contributed by atoms with Gasteiger partial charge in [-0.1, -0.05) is 43.0 Å². The minimum absolute atomic E-state index is 0.120. The summed E-state index contributed by atoms with van der Waals surface area (Å²) in [5, 5.41) is 13.5. The number of aromatic nitrogens is 6. The maximum atomic E-state index is 13.2. The Bertz CT molecular complexity index is 1580. The molecule has 190 valence electrons. The van der Waals surface area contributed by atoms with Crippen molar-refractivity contribution in [3.8, 4) is 5.75 Å². The molecule has 0 bridgehead atoms. The fourth-order valence-electron chi connectivity index (χ4n) is 4.27. The normalized spacial score (nSPS) is 12.2. The Morgan fingerprint density at radius 2 is 1.86 bits per heavy atom. The molecular formula is C27H29N7O2S. The number of hydrogen-bond acceptors (Lipinski definition) is 7. The molecule has 1 N–H and O–H groups in total. The van der Waals surface area contributed by atoms with Crippen LogP contribution >= 0.6 is 11.8 Å². The van der Waals surface area contributed by atoms with E-state index in [9.17, 15) is 4.79 Å². The van der Waals surface area contributed by atoms with Crippen LogP contribution in [0.15, 0.2) is 59.8 Å². The third-order valence-electron chi connectivity index (χ3n) is 6.12. The lowest BCUT2D eigenvalue weighted by Crippen LogP contribution is -2.25. The maximum Gasteiger partial charge on any atom is 0.238 e. The first-order valence-corrected chi connectivity index (χ1v) is 13.1. The van der Waals surface area contributed by atoms with Crippen LogP contribution < -0.4 is 10.1 Å². The molecule has 0 saturated carbocycles. The molecule has 3 heterocycles. The van der Waals surface area contributed by atoms with E-state index >= 15 is 0 Å². The summed E-state index contributed by atoms with van der Waals surface area (Å²) in [6, 6.07) is 17.3. The molecule has 2 aromatic carbocycles. The molecule has 5 aromatic rings. The smallest absolute Gasteiger partial charge is 0.238 e. The van der Waals surface area contributed by atoms with Crippen molar-refractivity contribution in [2.24, 2.45) is 0 Å². The number of carbonyl (C=O) groups excluding carboxylic acids is 1. The van der Waals surface area contributed by atoms with Crippen LogP contribution in [-0.2, 0) is 17.8 Å². The predicted molar refractivity (Wildman–Crippen MR) is 145 cm³/mol. The van der Waals surface area contributed by atoms with Crippen molar-refractivity contribution in [1.29, 1.82) is 0 Å². The third kappa shape index (κ3) is 5.15. The lowest BCUT2D eigenvalue weighted by Gasteiger charge is -2.16. The summed E-state index contributed by atoms with van der Waals surface area (Å²) in [6.45, 7) is 6.70. The summed E-state index contributed by atoms with van der Waals surface area (Å²) < 4.78 is 9.13. The Labute approximate surface area is 219 Å². The number of rotatable bonds is 9. The Morgan fingerprint density at radius 3 is 2.62 bits per heavy atom. The standard InChI is InChI=1S/C27H29N7O2S/c1-5-23(26(35)28-21-12-8-9-13-22(21)36-4)37-27-29-20-11-7-6-10-19(20)25-30-24(32-34(25)27)14-15-33-18(3)16-17(2)31-33/h6-13,16,23H,5,14-15H2,1-4H3,(H,28,35). The quantitative estimate of drug-likeness (QED) is 0.221. The fraction of sp³-hybridized carbons (Fsp3) is 0.296. The van der Waals surface area contributed by atoms with Gasteiger partial charge in [-0.15, -0.1) is 5.10 Å². The van der Waals surface area contributed by atoms with Gasteiger partial charge in [0.05, 0.1) is 29.3 Å². The fourth-order valence-corrected chi connectivity index (χ4v) is 5.24. The Morgan fingerprint density at radius 1 is 1.08 bits per heavy atom. The lowest BCUT2D eigenvalue weighted by atomic mass is 10.2. The Hall–Kier alpha value is -3.92. The third-order valence-corrected chi connectivity index (χ3v) is 7.43. The second-order valence-corrected chi connectivity index (χ2v) is 9.95. The Kier molecular flexibility index (Phi) is 7.09. The van der Waals surface area contributed by atoms with Crippen LogP contribution in [0.1, 0.15) is 30.6 Å². The molecule has 0 aliphatic rings. The lowest BCUT2D eigenvalue weighted by molar-refractivity contribution is -0.115. The van der Waals surface area contributed by atoms with E-state index in [-0.39, 0.29) is 11.2 Å².